The second kappa shape index (κ2) is 20.8. The Balaban J connectivity index is 0. The molecule has 0 spiro atoms. The Bertz CT molecular complexity index is 638. The van der Waals surface area contributed by atoms with Gasteiger partial charge < -0.3 is 0 Å². The van der Waals surface area contributed by atoms with Gasteiger partial charge in [0.1, 0.15) is 0 Å². The minimum atomic E-state index is 0.502. The maximum Gasteiger partial charge on any atom is 0.00486 e. The topological polar surface area (TPSA) is 0 Å². The van der Waals surface area contributed by atoms with E-state index in [1.54, 1.807) is 0 Å². The molecule has 1 unspecified atom stereocenters. The molecule has 0 saturated heterocycles. The summed E-state index contributed by atoms with van der Waals surface area (Å²) in [6, 6.07) is 8.66. The van der Waals surface area contributed by atoms with Gasteiger partial charge in [-0.3, -0.25) is 0 Å². The predicted molar refractivity (Wildman–Crippen MR) is 146 cm³/mol. The van der Waals surface area contributed by atoms with Gasteiger partial charge in [-0.15, -0.1) is 0 Å². The Morgan fingerprint density at radius 2 is 1.47 bits per heavy atom. The number of rotatable bonds is 9. The zero-order valence-corrected chi connectivity index (χ0v) is 22.2. The van der Waals surface area contributed by atoms with Gasteiger partial charge in [-0.1, -0.05) is 119 Å². The summed E-state index contributed by atoms with van der Waals surface area (Å²) in [6.07, 6.45) is 16.9. The molecule has 0 aromatic heterocycles. The number of thiocarbonyl (C=S) groups is 1. The molecule has 1 rings (SSSR count). The average molecular weight is 429 g/mol. The van der Waals surface area contributed by atoms with Gasteiger partial charge in [0.2, 0.25) is 0 Å². The van der Waals surface area contributed by atoms with Gasteiger partial charge in [-0.25, -0.2) is 0 Å². The maximum atomic E-state index is 4.54. The van der Waals surface area contributed by atoms with Crippen LogP contribution in [0.1, 0.15) is 105 Å². The van der Waals surface area contributed by atoms with Gasteiger partial charge in [0, 0.05) is 5.92 Å². The van der Waals surface area contributed by atoms with Crippen LogP contribution in [0.4, 0.5) is 0 Å². The highest BCUT2D eigenvalue weighted by atomic mass is 32.1. The van der Waals surface area contributed by atoms with E-state index in [-0.39, 0.29) is 0 Å². The molecular formula is C29H48S. The highest BCUT2D eigenvalue weighted by molar-refractivity contribution is 7.80. The first-order valence-corrected chi connectivity index (χ1v) is 12.2. The zero-order chi connectivity index (χ0) is 23.4. The number of allylic oxidation sites excluding steroid dienone is 6. The fraction of sp³-hybridized carbons (Fsp3) is 0.552. The predicted octanol–water partition coefficient (Wildman–Crippen LogP) is 10.3. The van der Waals surface area contributed by atoms with Crippen molar-refractivity contribution in [1.29, 1.82) is 0 Å². The number of benzene rings is 1. The van der Waals surface area contributed by atoms with E-state index in [1.807, 2.05) is 13.8 Å². The molecule has 0 aliphatic heterocycles. The second-order valence-electron chi connectivity index (χ2n) is 7.93. The molecule has 0 fully saturated rings. The lowest BCUT2D eigenvalue weighted by Gasteiger charge is -2.21. The minimum Gasteiger partial charge on any atom is -0.0903 e. The first-order chi connectivity index (χ1) is 14.3. The summed E-state index contributed by atoms with van der Waals surface area (Å²) < 4.78 is 0. The molecule has 1 aromatic rings. The fourth-order valence-electron chi connectivity index (χ4n) is 3.27. The molecule has 0 bridgehead atoms. The molecule has 0 aliphatic carbocycles. The summed E-state index contributed by atoms with van der Waals surface area (Å²) >= 11 is 4.54. The summed E-state index contributed by atoms with van der Waals surface area (Å²) in [6.45, 7) is 19.2. The van der Waals surface area contributed by atoms with Crippen molar-refractivity contribution in [2.75, 3.05) is 0 Å². The van der Waals surface area contributed by atoms with Crippen molar-refractivity contribution in [1.82, 2.24) is 0 Å². The summed E-state index contributed by atoms with van der Waals surface area (Å²) in [5, 5.41) is 0. The summed E-state index contributed by atoms with van der Waals surface area (Å²) in [7, 11) is 0. The number of hydrogen-bond acceptors (Lipinski definition) is 1. The Hall–Kier alpha value is -1.47. The summed E-state index contributed by atoms with van der Waals surface area (Å²) in [5.74, 6) is 0.502. The van der Waals surface area contributed by atoms with E-state index in [0.29, 0.717) is 5.92 Å². The van der Waals surface area contributed by atoms with Crippen molar-refractivity contribution in [2.45, 2.75) is 101 Å². The van der Waals surface area contributed by atoms with E-state index in [0.717, 1.165) is 11.3 Å². The summed E-state index contributed by atoms with van der Waals surface area (Å²) in [5.41, 5.74) is 5.61. The zero-order valence-electron chi connectivity index (χ0n) is 21.3. The Morgan fingerprint density at radius 3 is 1.87 bits per heavy atom. The van der Waals surface area contributed by atoms with Crippen LogP contribution in [0.25, 0.3) is 5.57 Å². The molecule has 0 nitrogen and oxygen atoms in total. The molecule has 0 heterocycles. The highest BCUT2D eigenvalue weighted by Gasteiger charge is 2.16. The van der Waals surface area contributed by atoms with Crippen molar-refractivity contribution in [3.8, 4) is 0 Å². The minimum absolute atomic E-state index is 0.502. The first kappa shape index (κ1) is 30.7. The number of aryl methyl sites for hydroxylation is 1. The molecule has 0 aliphatic rings. The van der Waals surface area contributed by atoms with Crippen molar-refractivity contribution in [3.63, 3.8) is 0 Å². The lowest BCUT2D eigenvalue weighted by molar-refractivity contribution is 0.656. The van der Waals surface area contributed by atoms with Crippen LogP contribution in [0.3, 0.4) is 0 Å². The molecule has 1 atom stereocenters. The normalized spacial score (nSPS) is 12.6. The van der Waals surface area contributed by atoms with E-state index in [4.69, 9.17) is 0 Å². The Labute approximate surface area is 194 Å². The lowest BCUT2D eigenvalue weighted by atomic mass is 9.83. The third-order valence-electron chi connectivity index (χ3n) is 4.86. The SMILES string of the molecule is C/C=C\C=C(/C)C(CC)/C(=C/C)c1ccccc1C.CC(C)=S.CCCCCCC. The lowest BCUT2D eigenvalue weighted by Crippen LogP contribution is -2.05. The van der Waals surface area contributed by atoms with Gasteiger partial charge >= 0.3 is 0 Å². The van der Waals surface area contributed by atoms with E-state index < -0.39 is 0 Å². The molecule has 1 heteroatoms. The van der Waals surface area contributed by atoms with Crippen LogP contribution in [0.15, 0.2) is 54.1 Å². The van der Waals surface area contributed by atoms with Crippen LogP contribution >= 0.6 is 12.2 Å². The first-order valence-electron chi connectivity index (χ1n) is 11.8. The highest BCUT2D eigenvalue weighted by Crippen LogP contribution is 2.33. The summed E-state index contributed by atoms with van der Waals surface area (Å²) in [4.78, 5) is 1.00. The molecular weight excluding hydrogens is 380 g/mol. The third-order valence-corrected chi connectivity index (χ3v) is 4.86. The van der Waals surface area contributed by atoms with Crippen LogP contribution in [0.5, 0.6) is 0 Å². The van der Waals surface area contributed by atoms with Gasteiger partial charge in [-0.2, -0.15) is 0 Å². The molecule has 0 saturated carbocycles. The van der Waals surface area contributed by atoms with Crippen LogP contribution in [0, 0.1) is 12.8 Å². The van der Waals surface area contributed by atoms with E-state index in [9.17, 15) is 0 Å². The molecule has 170 valence electrons. The van der Waals surface area contributed by atoms with Crippen molar-refractivity contribution >= 4 is 22.7 Å². The monoisotopic (exact) mass is 428 g/mol. The van der Waals surface area contributed by atoms with Gasteiger partial charge in [0.15, 0.2) is 0 Å². The quantitative estimate of drug-likeness (QED) is 0.214. The van der Waals surface area contributed by atoms with Gasteiger partial charge in [0.25, 0.3) is 0 Å². The standard InChI is InChI=1S/C19H26.C7H16.C3H6S/c1-6-9-12-15(4)17(7-2)18(8-3)19-14-11-10-13-16(19)5;1-3-5-7-6-4-2;1-3(2)4/h6,8-14,17H,7H2,1-5H3;3-7H2,1-2H3;1-2H3/b9-6-,15-12+,18-8-;;. The number of hydrogen-bond donors (Lipinski definition) is 0. The van der Waals surface area contributed by atoms with Crippen molar-refractivity contribution in [3.05, 3.63) is 65.3 Å². The van der Waals surface area contributed by atoms with Crippen molar-refractivity contribution in [2.24, 2.45) is 5.92 Å². The van der Waals surface area contributed by atoms with Crippen LogP contribution < -0.4 is 0 Å². The van der Waals surface area contributed by atoms with Crippen LogP contribution in [-0.2, 0) is 0 Å². The molecule has 0 N–H and O–H groups in total. The molecule has 0 amide bonds. The van der Waals surface area contributed by atoms with Crippen molar-refractivity contribution < 1.29 is 0 Å². The van der Waals surface area contributed by atoms with Crippen LogP contribution in [0.2, 0.25) is 0 Å². The fourth-order valence-corrected chi connectivity index (χ4v) is 3.27. The molecule has 0 radical (unpaired) electrons. The van der Waals surface area contributed by atoms with Gasteiger partial charge in [-0.05, 0) is 69.5 Å². The maximum absolute atomic E-state index is 4.54. The van der Waals surface area contributed by atoms with E-state index in [2.05, 4.69) is 109 Å². The Morgan fingerprint density at radius 1 is 0.933 bits per heavy atom. The number of unbranched alkanes of at least 4 members (excludes halogenated alkanes) is 4. The van der Waals surface area contributed by atoms with E-state index in [1.165, 1.54) is 54.4 Å². The third kappa shape index (κ3) is 15.4. The molecule has 30 heavy (non-hydrogen) atoms. The molecule has 1 aromatic carbocycles. The Kier molecular flexibility index (Phi) is 21.3. The second-order valence-corrected chi connectivity index (χ2v) is 8.74. The average Bonchev–Trinajstić information content (AvgIpc) is 2.71. The van der Waals surface area contributed by atoms with Crippen LogP contribution in [-0.4, -0.2) is 4.86 Å². The smallest absolute Gasteiger partial charge is 0.00486 e. The largest absolute Gasteiger partial charge is 0.0903 e. The van der Waals surface area contributed by atoms with E-state index >= 15 is 0 Å². The van der Waals surface area contributed by atoms with Gasteiger partial charge in [0.05, 0.1) is 0 Å².